The average molecular weight is 378 g/mol. The molecule has 0 aliphatic heterocycles. The molecule has 4 aromatic rings. The van der Waals surface area contributed by atoms with Gasteiger partial charge in [-0.3, -0.25) is 4.99 Å². The van der Waals surface area contributed by atoms with E-state index in [-0.39, 0.29) is 0 Å². The standard InChI is InChI=1S/C19H15FN6S/c1-22-8-12(7-21)11-4-14(20)18-16(5-11)23-9-24-19(18)26-13-2-3-15-17(6-13)27-10-25-15/h2-10H,21H2,1H3,(H,23,24,26)/b12-7+,22-8?. The van der Waals surface area contributed by atoms with E-state index in [1.165, 1.54) is 18.6 Å². The quantitative estimate of drug-likeness (QED) is 0.522. The summed E-state index contributed by atoms with van der Waals surface area (Å²) in [4.78, 5) is 16.6. The second-order valence-corrected chi connectivity index (χ2v) is 6.63. The minimum atomic E-state index is -0.437. The Morgan fingerprint density at radius 1 is 1.19 bits per heavy atom. The van der Waals surface area contributed by atoms with Gasteiger partial charge in [-0.25, -0.2) is 19.3 Å². The molecule has 0 spiro atoms. The summed E-state index contributed by atoms with van der Waals surface area (Å²) in [5.41, 5.74) is 10.8. The van der Waals surface area contributed by atoms with Crippen LogP contribution in [0.15, 0.2) is 53.4 Å². The van der Waals surface area contributed by atoms with Crippen molar-refractivity contribution >= 4 is 55.7 Å². The summed E-state index contributed by atoms with van der Waals surface area (Å²) in [6, 6.07) is 8.92. The summed E-state index contributed by atoms with van der Waals surface area (Å²) in [6.07, 6.45) is 4.36. The summed E-state index contributed by atoms with van der Waals surface area (Å²) in [5.74, 6) is -0.0383. The Bertz CT molecular complexity index is 1200. The smallest absolute Gasteiger partial charge is 0.144 e. The molecular weight excluding hydrogens is 363 g/mol. The van der Waals surface area contributed by atoms with Crippen LogP contribution < -0.4 is 11.1 Å². The number of hydrogen-bond acceptors (Lipinski definition) is 7. The maximum absolute atomic E-state index is 14.9. The zero-order chi connectivity index (χ0) is 18.8. The summed E-state index contributed by atoms with van der Waals surface area (Å²) >= 11 is 1.54. The third kappa shape index (κ3) is 3.22. The van der Waals surface area contributed by atoms with Crippen molar-refractivity contribution in [3.05, 3.63) is 59.8 Å². The fourth-order valence-corrected chi connectivity index (χ4v) is 3.54. The molecule has 3 N–H and O–H groups in total. The molecule has 6 nitrogen and oxygen atoms in total. The minimum absolute atomic E-state index is 0.315. The van der Waals surface area contributed by atoms with Crippen LogP contribution in [0.3, 0.4) is 0 Å². The summed E-state index contributed by atoms with van der Waals surface area (Å²) in [5, 5.41) is 3.49. The van der Waals surface area contributed by atoms with Crippen LogP contribution in [0.1, 0.15) is 5.56 Å². The number of thiazole rings is 1. The van der Waals surface area contributed by atoms with Crippen molar-refractivity contribution in [2.75, 3.05) is 12.4 Å². The van der Waals surface area contributed by atoms with Gasteiger partial charge in [-0.1, -0.05) is 0 Å². The highest BCUT2D eigenvalue weighted by atomic mass is 32.1. The average Bonchev–Trinajstić information content (AvgIpc) is 3.13. The molecule has 0 radical (unpaired) electrons. The number of anilines is 2. The number of allylic oxidation sites excluding steroid dienone is 1. The van der Waals surface area contributed by atoms with Crippen molar-refractivity contribution in [1.29, 1.82) is 0 Å². The zero-order valence-corrected chi connectivity index (χ0v) is 15.2. The van der Waals surface area contributed by atoms with E-state index in [0.29, 0.717) is 27.9 Å². The molecule has 0 aliphatic carbocycles. The van der Waals surface area contributed by atoms with E-state index in [0.717, 1.165) is 15.9 Å². The highest BCUT2D eigenvalue weighted by molar-refractivity contribution is 7.16. The lowest BCUT2D eigenvalue weighted by Crippen LogP contribution is -2.00. The Labute approximate surface area is 158 Å². The molecule has 27 heavy (non-hydrogen) atoms. The van der Waals surface area contributed by atoms with E-state index in [4.69, 9.17) is 5.73 Å². The Hall–Kier alpha value is -3.39. The number of fused-ring (bicyclic) bond motifs is 2. The lowest BCUT2D eigenvalue weighted by Gasteiger charge is -2.11. The Morgan fingerprint density at radius 3 is 2.89 bits per heavy atom. The van der Waals surface area contributed by atoms with Gasteiger partial charge in [-0.15, -0.1) is 11.3 Å². The highest BCUT2D eigenvalue weighted by Gasteiger charge is 2.13. The Kier molecular flexibility index (Phi) is 4.47. The van der Waals surface area contributed by atoms with E-state index >= 15 is 0 Å². The number of aliphatic imine (C=N–C) groups is 1. The lowest BCUT2D eigenvalue weighted by molar-refractivity contribution is 0.639. The van der Waals surface area contributed by atoms with Gasteiger partial charge in [0.25, 0.3) is 0 Å². The maximum atomic E-state index is 14.9. The normalized spacial score (nSPS) is 12.3. The third-order valence-corrected chi connectivity index (χ3v) is 4.86. The molecular formula is C19H15FN6S. The van der Waals surface area contributed by atoms with Gasteiger partial charge in [0, 0.05) is 30.7 Å². The molecule has 2 heterocycles. The van der Waals surface area contributed by atoms with Crippen LogP contribution in [0, 0.1) is 5.82 Å². The second-order valence-electron chi connectivity index (χ2n) is 5.74. The molecule has 0 fully saturated rings. The van der Waals surface area contributed by atoms with Crippen LogP contribution in [0.5, 0.6) is 0 Å². The highest BCUT2D eigenvalue weighted by Crippen LogP contribution is 2.30. The number of halogens is 1. The maximum Gasteiger partial charge on any atom is 0.144 e. The predicted molar refractivity (Wildman–Crippen MR) is 109 cm³/mol. The molecule has 0 saturated heterocycles. The van der Waals surface area contributed by atoms with Crippen molar-refractivity contribution in [2.24, 2.45) is 10.7 Å². The van der Waals surface area contributed by atoms with Gasteiger partial charge in [0.2, 0.25) is 0 Å². The largest absolute Gasteiger partial charge is 0.404 e. The molecule has 2 aromatic carbocycles. The SMILES string of the molecule is CN=C/C(=C\N)c1cc(F)c2c(Nc3ccc4ncsc4c3)ncnc2c1. The Balaban J connectivity index is 1.79. The molecule has 0 amide bonds. The van der Waals surface area contributed by atoms with E-state index in [1.54, 1.807) is 36.2 Å². The van der Waals surface area contributed by atoms with Gasteiger partial charge in [-0.05, 0) is 35.9 Å². The van der Waals surface area contributed by atoms with Crippen LogP contribution in [-0.4, -0.2) is 28.2 Å². The predicted octanol–water partition coefficient (Wildman–Crippen LogP) is 4.12. The minimum Gasteiger partial charge on any atom is -0.404 e. The van der Waals surface area contributed by atoms with Crippen LogP contribution in [0.4, 0.5) is 15.9 Å². The monoisotopic (exact) mass is 378 g/mol. The van der Waals surface area contributed by atoms with Gasteiger partial charge in [0.15, 0.2) is 0 Å². The number of nitrogens with one attached hydrogen (secondary N) is 1. The number of benzene rings is 2. The fraction of sp³-hybridized carbons (Fsp3) is 0.0526. The Morgan fingerprint density at radius 2 is 2.07 bits per heavy atom. The molecule has 0 bridgehead atoms. The van der Waals surface area contributed by atoms with Crippen LogP contribution in [0.25, 0.3) is 26.7 Å². The van der Waals surface area contributed by atoms with Gasteiger partial charge in [-0.2, -0.15) is 0 Å². The summed E-state index contributed by atoms with van der Waals surface area (Å²) < 4.78 is 15.9. The molecule has 134 valence electrons. The number of hydrogen-bond donors (Lipinski definition) is 2. The molecule has 0 saturated carbocycles. The molecule has 0 atom stereocenters. The van der Waals surface area contributed by atoms with Crippen molar-refractivity contribution in [1.82, 2.24) is 15.0 Å². The lowest BCUT2D eigenvalue weighted by atomic mass is 10.0. The number of nitrogens with zero attached hydrogens (tertiary/aromatic N) is 4. The van der Waals surface area contributed by atoms with Gasteiger partial charge in [0.1, 0.15) is 18.0 Å². The van der Waals surface area contributed by atoms with E-state index in [9.17, 15) is 4.39 Å². The molecule has 2 aromatic heterocycles. The second kappa shape index (κ2) is 7.08. The number of aromatic nitrogens is 3. The first kappa shape index (κ1) is 17.0. The first-order valence-electron chi connectivity index (χ1n) is 8.08. The van der Waals surface area contributed by atoms with Gasteiger partial charge < -0.3 is 11.1 Å². The van der Waals surface area contributed by atoms with E-state index < -0.39 is 5.82 Å². The molecule has 8 heteroatoms. The summed E-state index contributed by atoms with van der Waals surface area (Å²) in [6.45, 7) is 0. The van der Waals surface area contributed by atoms with Crippen molar-refractivity contribution in [2.45, 2.75) is 0 Å². The molecule has 4 rings (SSSR count). The number of rotatable bonds is 4. The van der Waals surface area contributed by atoms with Crippen molar-refractivity contribution in [3.63, 3.8) is 0 Å². The van der Waals surface area contributed by atoms with Crippen LogP contribution in [0.2, 0.25) is 0 Å². The molecule has 0 aliphatic rings. The van der Waals surface area contributed by atoms with Crippen LogP contribution >= 0.6 is 11.3 Å². The fourth-order valence-electron chi connectivity index (χ4n) is 2.83. The number of nitrogens with two attached hydrogens (primary N) is 1. The summed E-state index contributed by atoms with van der Waals surface area (Å²) in [7, 11) is 1.63. The third-order valence-electron chi connectivity index (χ3n) is 4.06. The topological polar surface area (TPSA) is 89.1 Å². The van der Waals surface area contributed by atoms with Crippen molar-refractivity contribution < 1.29 is 4.39 Å². The first-order valence-corrected chi connectivity index (χ1v) is 8.96. The first-order chi connectivity index (χ1) is 13.2. The van der Waals surface area contributed by atoms with Gasteiger partial charge >= 0.3 is 0 Å². The van der Waals surface area contributed by atoms with Crippen molar-refractivity contribution in [3.8, 4) is 0 Å². The van der Waals surface area contributed by atoms with E-state index in [1.807, 2.05) is 18.2 Å². The zero-order valence-electron chi connectivity index (χ0n) is 14.3. The molecule has 0 unspecified atom stereocenters. The van der Waals surface area contributed by atoms with Crippen LogP contribution in [-0.2, 0) is 0 Å². The van der Waals surface area contributed by atoms with E-state index in [2.05, 4.69) is 25.3 Å². The van der Waals surface area contributed by atoms with Gasteiger partial charge in [0.05, 0.1) is 26.6 Å².